The Balaban J connectivity index is 1.95. The molecule has 1 aromatic rings. The van der Waals surface area contributed by atoms with Gasteiger partial charge in [-0.05, 0) is 37.0 Å². The summed E-state index contributed by atoms with van der Waals surface area (Å²) in [4.78, 5) is 25.2. The molecule has 0 bridgehead atoms. The van der Waals surface area contributed by atoms with Gasteiger partial charge < -0.3 is 21.5 Å². The lowest BCUT2D eigenvalue weighted by Gasteiger charge is -2.33. The van der Waals surface area contributed by atoms with Crippen molar-refractivity contribution < 1.29 is 14.7 Å². The van der Waals surface area contributed by atoms with Crippen LogP contribution in [0, 0.1) is 5.92 Å². The van der Waals surface area contributed by atoms with Crippen molar-refractivity contribution in [1.29, 1.82) is 0 Å². The van der Waals surface area contributed by atoms with Crippen molar-refractivity contribution in [3.63, 3.8) is 0 Å². The molecule has 1 aliphatic heterocycles. The number of hydrogen-bond donors (Lipinski definition) is 3. The highest BCUT2D eigenvalue weighted by Crippen LogP contribution is 2.17. The van der Waals surface area contributed by atoms with E-state index in [9.17, 15) is 14.7 Å². The predicted molar refractivity (Wildman–Crippen MR) is 78.3 cm³/mol. The van der Waals surface area contributed by atoms with Crippen LogP contribution in [0.1, 0.15) is 18.4 Å². The average molecular weight is 291 g/mol. The first kappa shape index (κ1) is 15.3. The van der Waals surface area contributed by atoms with E-state index in [-0.39, 0.29) is 23.5 Å². The SMILES string of the molecule is NC(=O)C1CCCN(C(=O)C(N)Cc2ccc(O)cc2)C1. The summed E-state index contributed by atoms with van der Waals surface area (Å²) in [5, 5.41) is 9.23. The van der Waals surface area contributed by atoms with Gasteiger partial charge in [0.05, 0.1) is 12.0 Å². The summed E-state index contributed by atoms with van der Waals surface area (Å²) in [6.07, 6.45) is 1.90. The molecular weight excluding hydrogens is 270 g/mol. The smallest absolute Gasteiger partial charge is 0.239 e. The Morgan fingerprint density at radius 2 is 2.00 bits per heavy atom. The highest BCUT2D eigenvalue weighted by Gasteiger charge is 2.29. The molecule has 1 heterocycles. The van der Waals surface area contributed by atoms with Crippen LogP contribution in [-0.2, 0) is 16.0 Å². The summed E-state index contributed by atoms with van der Waals surface area (Å²) in [5.74, 6) is -0.615. The third kappa shape index (κ3) is 3.95. The Labute approximate surface area is 123 Å². The van der Waals surface area contributed by atoms with Gasteiger partial charge in [0, 0.05) is 13.1 Å². The second kappa shape index (κ2) is 6.58. The van der Waals surface area contributed by atoms with Gasteiger partial charge in [-0.3, -0.25) is 9.59 Å². The van der Waals surface area contributed by atoms with Gasteiger partial charge >= 0.3 is 0 Å². The van der Waals surface area contributed by atoms with Crippen LogP contribution in [0.2, 0.25) is 0 Å². The number of phenolic OH excluding ortho intramolecular Hbond substituents is 1. The Morgan fingerprint density at radius 1 is 1.33 bits per heavy atom. The first-order valence-electron chi connectivity index (χ1n) is 7.09. The molecule has 2 amide bonds. The fourth-order valence-electron chi connectivity index (χ4n) is 2.62. The Kier molecular flexibility index (Phi) is 4.80. The number of nitrogens with zero attached hydrogens (tertiary/aromatic N) is 1. The summed E-state index contributed by atoms with van der Waals surface area (Å²) in [5.41, 5.74) is 12.2. The van der Waals surface area contributed by atoms with Gasteiger partial charge in [0.2, 0.25) is 11.8 Å². The minimum atomic E-state index is -0.652. The number of likely N-dealkylation sites (tertiary alicyclic amines) is 1. The molecule has 1 aromatic carbocycles. The molecule has 0 radical (unpaired) electrons. The number of primary amides is 1. The number of amides is 2. The summed E-state index contributed by atoms with van der Waals surface area (Å²) in [6, 6.07) is 5.96. The van der Waals surface area contributed by atoms with Crippen LogP contribution >= 0.6 is 0 Å². The van der Waals surface area contributed by atoms with Crippen molar-refractivity contribution in [2.45, 2.75) is 25.3 Å². The maximum absolute atomic E-state index is 12.3. The van der Waals surface area contributed by atoms with Crippen molar-refractivity contribution in [1.82, 2.24) is 4.90 Å². The van der Waals surface area contributed by atoms with Gasteiger partial charge in [-0.15, -0.1) is 0 Å². The Morgan fingerprint density at radius 3 is 2.62 bits per heavy atom. The predicted octanol–water partition coefficient (Wildman–Crippen LogP) is -0.0141. The van der Waals surface area contributed by atoms with Gasteiger partial charge in [0.25, 0.3) is 0 Å². The second-order valence-electron chi connectivity index (χ2n) is 5.50. The largest absolute Gasteiger partial charge is 0.508 e. The summed E-state index contributed by atoms with van der Waals surface area (Å²) >= 11 is 0. The van der Waals surface area contributed by atoms with E-state index >= 15 is 0 Å². The normalized spacial score (nSPS) is 20.0. The minimum Gasteiger partial charge on any atom is -0.508 e. The number of piperidine rings is 1. The molecule has 0 aromatic heterocycles. The number of carbonyl (C=O) groups excluding carboxylic acids is 2. The van der Waals surface area contributed by atoms with E-state index in [4.69, 9.17) is 11.5 Å². The molecule has 0 spiro atoms. The molecule has 1 fully saturated rings. The zero-order chi connectivity index (χ0) is 15.4. The second-order valence-corrected chi connectivity index (χ2v) is 5.50. The van der Waals surface area contributed by atoms with Crippen molar-refractivity contribution in [2.75, 3.05) is 13.1 Å². The van der Waals surface area contributed by atoms with E-state index in [1.54, 1.807) is 29.2 Å². The van der Waals surface area contributed by atoms with E-state index in [1.807, 2.05) is 0 Å². The number of phenols is 1. The van der Waals surface area contributed by atoms with Crippen LogP contribution in [0.4, 0.5) is 0 Å². The number of nitrogens with two attached hydrogens (primary N) is 2. The molecule has 1 saturated heterocycles. The highest BCUT2D eigenvalue weighted by atomic mass is 16.3. The first-order chi connectivity index (χ1) is 9.97. The highest BCUT2D eigenvalue weighted by molar-refractivity contribution is 5.83. The van der Waals surface area contributed by atoms with E-state index < -0.39 is 6.04 Å². The van der Waals surface area contributed by atoms with Gasteiger partial charge in [0.1, 0.15) is 5.75 Å². The Hall–Kier alpha value is -2.08. The fourth-order valence-corrected chi connectivity index (χ4v) is 2.62. The van der Waals surface area contributed by atoms with E-state index in [0.717, 1.165) is 18.4 Å². The van der Waals surface area contributed by atoms with Crippen LogP contribution < -0.4 is 11.5 Å². The number of carbonyl (C=O) groups is 2. The lowest BCUT2D eigenvalue weighted by atomic mass is 9.96. The third-order valence-corrected chi connectivity index (χ3v) is 3.84. The van der Waals surface area contributed by atoms with Crippen LogP contribution in [0.15, 0.2) is 24.3 Å². The molecule has 2 atom stereocenters. The quantitative estimate of drug-likeness (QED) is 0.724. The van der Waals surface area contributed by atoms with Crippen molar-refractivity contribution in [3.05, 3.63) is 29.8 Å². The van der Waals surface area contributed by atoms with E-state index in [1.165, 1.54) is 0 Å². The van der Waals surface area contributed by atoms with Crippen molar-refractivity contribution in [3.8, 4) is 5.75 Å². The molecule has 6 nitrogen and oxygen atoms in total. The maximum Gasteiger partial charge on any atom is 0.239 e. The average Bonchev–Trinajstić information content (AvgIpc) is 2.49. The summed E-state index contributed by atoms with van der Waals surface area (Å²) in [7, 11) is 0. The van der Waals surface area contributed by atoms with E-state index in [0.29, 0.717) is 19.5 Å². The topological polar surface area (TPSA) is 110 Å². The molecular formula is C15H21N3O3. The van der Waals surface area contributed by atoms with Crippen LogP contribution in [0.3, 0.4) is 0 Å². The first-order valence-corrected chi connectivity index (χ1v) is 7.09. The van der Waals surface area contributed by atoms with Crippen LogP contribution in [0.25, 0.3) is 0 Å². The van der Waals surface area contributed by atoms with Gasteiger partial charge in [-0.25, -0.2) is 0 Å². The lowest BCUT2D eigenvalue weighted by Crippen LogP contribution is -2.50. The third-order valence-electron chi connectivity index (χ3n) is 3.84. The number of benzene rings is 1. The minimum absolute atomic E-state index is 0.158. The zero-order valence-electron chi connectivity index (χ0n) is 11.9. The Bertz CT molecular complexity index is 515. The summed E-state index contributed by atoms with van der Waals surface area (Å²) < 4.78 is 0. The zero-order valence-corrected chi connectivity index (χ0v) is 11.9. The molecule has 6 heteroatoms. The number of hydrogen-bond acceptors (Lipinski definition) is 4. The van der Waals surface area contributed by atoms with E-state index in [2.05, 4.69) is 0 Å². The number of rotatable bonds is 4. The van der Waals surface area contributed by atoms with Crippen LogP contribution in [0.5, 0.6) is 5.75 Å². The molecule has 0 saturated carbocycles. The molecule has 21 heavy (non-hydrogen) atoms. The molecule has 5 N–H and O–H groups in total. The molecule has 2 unspecified atom stereocenters. The molecule has 0 aliphatic carbocycles. The molecule has 2 rings (SSSR count). The molecule has 114 valence electrons. The van der Waals surface area contributed by atoms with Crippen molar-refractivity contribution >= 4 is 11.8 Å². The standard InChI is InChI=1S/C15H21N3O3/c16-13(8-10-3-5-12(19)6-4-10)15(21)18-7-1-2-11(9-18)14(17)20/h3-6,11,13,19H,1-2,7-9,16H2,(H2,17,20). The number of aromatic hydroxyl groups is 1. The summed E-state index contributed by atoms with van der Waals surface area (Å²) in [6.45, 7) is 0.976. The van der Waals surface area contributed by atoms with Gasteiger partial charge in [0.15, 0.2) is 0 Å². The fraction of sp³-hybridized carbons (Fsp3) is 0.467. The monoisotopic (exact) mass is 291 g/mol. The van der Waals surface area contributed by atoms with Crippen LogP contribution in [-0.4, -0.2) is 41.0 Å². The van der Waals surface area contributed by atoms with Gasteiger partial charge in [-0.2, -0.15) is 0 Å². The van der Waals surface area contributed by atoms with Crippen molar-refractivity contribution in [2.24, 2.45) is 17.4 Å². The molecule has 1 aliphatic rings. The maximum atomic E-state index is 12.3. The lowest BCUT2D eigenvalue weighted by molar-refractivity contribution is -0.136. The van der Waals surface area contributed by atoms with Gasteiger partial charge in [-0.1, -0.05) is 12.1 Å².